The minimum absolute atomic E-state index is 0.206. The average molecular weight is 475 g/mol. The Kier molecular flexibility index (Phi) is 9.14. The number of hydrogen-bond acceptors (Lipinski definition) is 9. The second kappa shape index (κ2) is 12.3. The predicted molar refractivity (Wildman–Crippen MR) is 129 cm³/mol. The Hall–Kier alpha value is -3.05. The second-order valence-corrected chi connectivity index (χ2v) is 8.07. The maximum Gasteiger partial charge on any atom is 0.251 e. The minimum Gasteiger partial charge on any atom is -0.493 e. The summed E-state index contributed by atoms with van der Waals surface area (Å²) in [6.07, 6.45) is 1.74. The summed E-state index contributed by atoms with van der Waals surface area (Å²) in [6, 6.07) is 5.06. The molecule has 0 aliphatic rings. The molecule has 0 atom stereocenters. The van der Waals surface area contributed by atoms with Crippen LogP contribution in [-0.2, 0) is 11.3 Å². The van der Waals surface area contributed by atoms with Gasteiger partial charge in [-0.05, 0) is 30.9 Å². The largest absolute Gasteiger partial charge is 0.493 e. The number of methoxy groups -OCH3 is 2. The van der Waals surface area contributed by atoms with E-state index in [9.17, 15) is 4.79 Å². The number of rotatable bonds is 13. The summed E-state index contributed by atoms with van der Waals surface area (Å²) >= 11 is 1.57. The van der Waals surface area contributed by atoms with E-state index in [1.807, 2.05) is 6.92 Å². The zero-order chi connectivity index (χ0) is 23.6. The van der Waals surface area contributed by atoms with Crippen LogP contribution in [0.4, 0.5) is 5.82 Å². The lowest BCUT2D eigenvalue weighted by atomic mass is 10.2. The van der Waals surface area contributed by atoms with Crippen LogP contribution in [0.25, 0.3) is 11.0 Å². The fraction of sp³-hybridized carbons (Fsp3) is 0.455. The van der Waals surface area contributed by atoms with E-state index in [1.54, 1.807) is 47.9 Å². The van der Waals surface area contributed by atoms with Gasteiger partial charge in [0.1, 0.15) is 5.82 Å². The lowest BCUT2D eigenvalue weighted by Gasteiger charge is -2.11. The number of amides is 1. The van der Waals surface area contributed by atoms with Crippen molar-refractivity contribution >= 4 is 34.5 Å². The second-order valence-electron chi connectivity index (χ2n) is 6.84. The summed E-state index contributed by atoms with van der Waals surface area (Å²) in [6.45, 7) is 6.78. The number of thioether (sulfide) groups is 1. The highest BCUT2D eigenvalue weighted by Crippen LogP contribution is 2.27. The Labute approximate surface area is 197 Å². The number of carbonyl (C=O) groups is 1. The summed E-state index contributed by atoms with van der Waals surface area (Å²) in [4.78, 5) is 21.9. The number of anilines is 1. The number of nitrogens with one attached hydrogen (secondary N) is 2. The van der Waals surface area contributed by atoms with Crippen molar-refractivity contribution in [2.24, 2.45) is 0 Å². The van der Waals surface area contributed by atoms with Crippen molar-refractivity contribution < 1.29 is 19.0 Å². The van der Waals surface area contributed by atoms with Crippen LogP contribution in [0.1, 0.15) is 24.2 Å². The first kappa shape index (κ1) is 24.6. The molecule has 1 aromatic carbocycles. The number of carbonyl (C=O) groups excluding carboxylic acids is 1. The van der Waals surface area contributed by atoms with Crippen LogP contribution < -0.4 is 20.1 Å². The molecule has 10 nitrogen and oxygen atoms in total. The van der Waals surface area contributed by atoms with Gasteiger partial charge in [-0.2, -0.15) is 5.10 Å². The van der Waals surface area contributed by atoms with Gasteiger partial charge >= 0.3 is 0 Å². The molecule has 2 aromatic heterocycles. The number of hydrogen-bond donors (Lipinski definition) is 2. The van der Waals surface area contributed by atoms with Crippen LogP contribution in [0.3, 0.4) is 0 Å². The molecule has 0 bridgehead atoms. The van der Waals surface area contributed by atoms with E-state index >= 15 is 0 Å². The van der Waals surface area contributed by atoms with Gasteiger partial charge in [-0.25, -0.2) is 14.6 Å². The summed E-state index contributed by atoms with van der Waals surface area (Å²) in [5.74, 6) is 2.46. The maximum absolute atomic E-state index is 12.6. The molecule has 178 valence electrons. The summed E-state index contributed by atoms with van der Waals surface area (Å²) < 4.78 is 17.7. The first-order chi connectivity index (χ1) is 16.1. The van der Waals surface area contributed by atoms with Crippen molar-refractivity contribution in [1.29, 1.82) is 0 Å². The molecule has 0 radical (unpaired) electrons. The van der Waals surface area contributed by atoms with Crippen LogP contribution in [0.15, 0.2) is 29.6 Å². The molecule has 0 fully saturated rings. The highest BCUT2D eigenvalue weighted by atomic mass is 32.2. The van der Waals surface area contributed by atoms with Gasteiger partial charge in [0.2, 0.25) is 0 Å². The van der Waals surface area contributed by atoms with Gasteiger partial charge in [0.15, 0.2) is 22.3 Å². The van der Waals surface area contributed by atoms with Crippen LogP contribution in [-0.4, -0.2) is 71.9 Å². The molecule has 2 N–H and O–H groups in total. The van der Waals surface area contributed by atoms with Gasteiger partial charge in [-0.3, -0.25) is 4.79 Å². The molecule has 0 spiro atoms. The summed E-state index contributed by atoms with van der Waals surface area (Å²) in [5, 5.41) is 12.2. The van der Waals surface area contributed by atoms with Crippen molar-refractivity contribution in [3.63, 3.8) is 0 Å². The van der Waals surface area contributed by atoms with E-state index in [0.717, 1.165) is 22.6 Å². The van der Waals surface area contributed by atoms with Gasteiger partial charge in [0, 0.05) is 25.3 Å². The molecule has 2 heterocycles. The van der Waals surface area contributed by atoms with E-state index in [0.29, 0.717) is 55.1 Å². The van der Waals surface area contributed by atoms with Crippen LogP contribution in [0.2, 0.25) is 0 Å². The van der Waals surface area contributed by atoms with E-state index in [1.165, 1.54) is 7.11 Å². The smallest absolute Gasteiger partial charge is 0.251 e. The highest BCUT2D eigenvalue weighted by Gasteiger charge is 2.14. The molecule has 0 aliphatic heterocycles. The van der Waals surface area contributed by atoms with Crippen LogP contribution in [0.5, 0.6) is 11.5 Å². The van der Waals surface area contributed by atoms with Crippen molar-refractivity contribution in [2.75, 3.05) is 51.6 Å². The fourth-order valence-corrected chi connectivity index (χ4v) is 3.73. The number of benzene rings is 1. The van der Waals surface area contributed by atoms with Gasteiger partial charge in [-0.1, -0.05) is 18.7 Å². The third-order valence-electron chi connectivity index (χ3n) is 4.75. The van der Waals surface area contributed by atoms with E-state index in [-0.39, 0.29) is 5.91 Å². The molecule has 0 unspecified atom stereocenters. The van der Waals surface area contributed by atoms with E-state index in [2.05, 4.69) is 32.6 Å². The minimum atomic E-state index is -0.206. The topological polar surface area (TPSA) is 112 Å². The average Bonchev–Trinajstić information content (AvgIpc) is 3.24. The zero-order valence-corrected chi connectivity index (χ0v) is 20.2. The Morgan fingerprint density at radius 1 is 1.12 bits per heavy atom. The monoisotopic (exact) mass is 474 g/mol. The lowest BCUT2D eigenvalue weighted by Crippen LogP contribution is -2.27. The number of aromatic nitrogens is 4. The summed E-state index contributed by atoms with van der Waals surface area (Å²) in [7, 11) is 3.09. The molecular formula is C22H30N6O4S. The molecular weight excluding hydrogens is 444 g/mol. The lowest BCUT2D eigenvalue weighted by molar-refractivity contribution is 0.0951. The van der Waals surface area contributed by atoms with Gasteiger partial charge in [0.05, 0.1) is 39.0 Å². The van der Waals surface area contributed by atoms with E-state index < -0.39 is 0 Å². The maximum atomic E-state index is 12.6. The number of ether oxygens (including phenoxy) is 3. The Morgan fingerprint density at radius 3 is 2.67 bits per heavy atom. The third-order valence-corrected chi connectivity index (χ3v) is 5.48. The number of nitrogens with zero attached hydrogens (tertiary/aromatic N) is 4. The van der Waals surface area contributed by atoms with Crippen molar-refractivity contribution in [1.82, 2.24) is 25.1 Å². The van der Waals surface area contributed by atoms with Crippen molar-refractivity contribution in [3.05, 3.63) is 30.0 Å². The Balaban J connectivity index is 1.70. The standard InChI is InChI=1S/C22H30N6O4S/c1-5-32-12-10-23-19-16-14-25-28(20(16)27-22(26-19)33-6-2)11-9-24-21(29)15-7-8-17(30-3)18(13-15)31-4/h7-8,13-14H,5-6,9-12H2,1-4H3,(H,24,29)(H,23,26,27). The quantitative estimate of drug-likeness (QED) is 0.219. The zero-order valence-electron chi connectivity index (χ0n) is 19.4. The predicted octanol–water partition coefficient (Wildman–Crippen LogP) is 2.83. The molecule has 11 heteroatoms. The van der Waals surface area contributed by atoms with Crippen molar-refractivity contribution in [3.8, 4) is 11.5 Å². The Bertz CT molecular complexity index is 1070. The first-order valence-electron chi connectivity index (χ1n) is 10.8. The molecule has 3 aromatic rings. The van der Waals surface area contributed by atoms with Gasteiger partial charge in [0.25, 0.3) is 5.91 Å². The molecule has 0 saturated carbocycles. The van der Waals surface area contributed by atoms with E-state index in [4.69, 9.17) is 14.2 Å². The SMILES string of the molecule is CCOCCNc1nc(SCC)nc2c1cnn2CCNC(=O)c1ccc(OC)c(OC)c1. The first-order valence-corrected chi connectivity index (χ1v) is 11.8. The fourth-order valence-electron chi connectivity index (χ4n) is 3.17. The van der Waals surface area contributed by atoms with Gasteiger partial charge in [-0.15, -0.1) is 0 Å². The molecule has 1 amide bonds. The highest BCUT2D eigenvalue weighted by molar-refractivity contribution is 7.99. The Morgan fingerprint density at radius 2 is 1.94 bits per heavy atom. The van der Waals surface area contributed by atoms with Gasteiger partial charge < -0.3 is 24.8 Å². The third kappa shape index (κ3) is 6.26. The number of fused-ring (bicyclic) bond motifs is 1. The molecule has 3 rings (SSSR count). The molecule has 33 heavy (non-hydrogen) atoms. The summed E-state index contributed by atoms with van der Waals surface area (Å²) in [5.41, 5.74) is 1.21. The normalized spacial score (nSPS) is 10.9. The van der Waals surface area contributed by atoms with Crippen LogP contribution in [0, 0.1) is 0 Å². The molecule has 0 saturated heterocycles. The molecule has 0 aliphatic carbocycles. The van der Waals surface area contributed by atoms with Crippen LogP contribution >= 0.6 is 11.8 Å². The van der Waals surface area contributed by atoms with Crippen molar-refractivity contribution in [2.45, 2.75) is 25.5 Å².